The Kier molecular flexibility index (Phi) is 2.05. The summed E-state index contributed by atoms with van der Waals surface area (Å²) in [6, 6.07) is 3.74. The van der Waals surface area contributed by atoms with E-state index in [9.17, 15) is 4.79 Å². The third-order valence-corrected chi connectivity index (χ3v) is 2.14. The molecule has 14 heavy (non-hydrogen) atoms. The van der Waals surface area contributed by atoms with Crippen molar-refractivity contribution in [1.29, 1.82) is 0 Å². The molecule has 2 heterocycles. The molecule has 4 nitrogen and oxygen atoms in total. The Bertz CT molecular complexity index is 530. The molecule has 2 N–H and O–H groups in total. The van der Waals surface area contributed by atoms with Gasteiger partial charge in [-0.25, -0.2) is 4.98 Å². The van der Waals surface area contributed by atoms with Gasteiger partial charge in [-0.1, -0.05) is 6.07 Å². The van der Waals surface area contributed by atoms with Crippen LogP contribution < -0.4 is 11.3 Å². The van der Waals surface area contributed by atoms with Crippen LogP contribution in [0.3, 0.4) is 0 Å². The first-order valence-corrected chi connectivity index (χ1v) is 4.39. The van der Waals surface area contributed by atoms with Gasteiger partial charge in [0.05, 0.1) is 0 Å². The Morgan fingerprint density at radius 1 is 1.50 bits per heavy atom. The summed E-state index contributed by atoms with van der Waals surface area (Å²) in [5.41, 5.74) is 7.55. The number of aryl methyl sites for hydroxylation is 1. The normalized spacial score (nSPS) is 10.7. The fourth-order valence-corrected chi connectivity index (χ4v) is 1.36. The monoisotopic (exact) mass is 189 g/mol. The molecule has 0 amide bonds. The largest absolute Gasteiger partial charge is 0.326 e. The maximum Gasteiger partial charge on any atom is 0.262 e. The summed E-state index contributed by atoms with van der Waals surface area (Å²) < 4.78 is 1.53. The van der Waals surface area contributed by atoms with Crippen LogP contribution in [0.5, 0.6) is 0 Å². The van der Waals surface area contributed by atoms with E-state index in [1.54, 1.807) is 6.20 Å². The van der Waals surface area contributed by atoms with Gasteiger partial charge in [0.25, 0.3) is 5.56 Å². The molecular weight excluding hydrogens is 178 g/mol. The Morgan fingerprint density at radius 2 is 2.29 bits per heavy atom. The van der Waals surface area contributed by atoms with E-state index >= 15 is 0 Å². The van der Waals surface area contributed by atoms with Crippen LogP contribution in [0.25, 0.3) is 5.65 Å². The summed E-state index contributed by atoms with van der Waals surface area (Å²) in [7, 11) is 0. The number of nitrogens with zero attached hydrogens (tertiary/aromatic N) is 2. The highest BCUT2D eigenvalue weighted by Crippen LogP contribution is 2.00. The van der Waals surface area contributed by atoms with Crippen LogP contribution in [0.2, 0.25) is 0 Å². The van der Waals surface area contributed by atoms with E-state index in [0.717, 1.165) is 5.56 Å². The van der Waals surface area contributed by atoms with Crippen LogP contribution in [0.1, 0.15) is 11.1 Å². The van der Waals surface area contributed by atoms with Gasteiger partial charge in [0.2, 0.25) is 0 Å². The molecule has 0 unspecified atom stereocenters. The Morgan fingerprint density at radius 3 is 3.00 bits per heavy atom. The topological polar surface area (TPSA) is 60.4 Å². The fourth-order valence-electron chi connectivity index (χ4n) is 1.36. The summed E-state index contributed by atoms with van der Waals surface area (Å²) in [6.07, 6.45) is 3.30. The molecule has 2 rings (SSSR count). The molecule has 0 saturated heterocycles. The van der Waals surface area contributed by atoms with Gasteiger partial charge in [0.15, 0.2) is 0 Å². The summed E-state index contributed by atoms with van der Waals surface area (Å²) in [4.78, 5) is 15.9. The van der Waals surface area contributed by atoms with E-state index in [2.05, 4.69) is 4.98 Å². The number of pyridine rings is 1. The van der Waals surface area contributed by atoms with Gasteiger partial charge in [-0.2, -0.15) is 0 Å². The van der Waals surface area contributed by atoms with Crippen molar-refractivity contribution in [2.45, 2.75) is 13.5 Å². The second-order valence-electron chi connectivity index (χ2n) is 3.23. The van der Waals surface area contributed by atoms with Gasteiger partial charge in [-0.05, 0) is 18.6 Å². The van der Waals surface area contributed by atoms with Crippen LogP contribution in [0.4, 0.5) is 0 Å². The third-order valence-electron chi connectivity index (χ3n) is 2.14. The maximum atomic E-state index is 11.8. The summed E-state index contributed by atoms with van der Waals surface area (Å²) in [6.45, 7) is 2.16. The quantitative estimate of drug-likeness (QED) is 0.709. The van der Waals surface area contributed by atoms with Gasteiger partial charge in [0, 0.05) is 24.5 Å². The van der Waals surface area contributed by atoms with E-state index in [4.69, 9.17) is 5.73 Å². The summed E-state index contributed by atoms with van der Waals surface area (Å²) >= 11 is 0. The van der Waals surface area contributed by atoms with Gasteiger partial charge >= 0.3 is 0 Å². The van der Waals surface area contributed by atoms with E-state index < -0.39 is 0 Å². The lowest BCUT2D eigenvalue weighted by molar-refractivity contribution is 0.941. The van der Waals surface area contributed by atoms with Crippen LogP contribution in [-0.4, -0.2) is 9.38 Å². The first kappa shape index (κ1) is 8.90. The molecule has 0 atom stereocenters. The number of hydrogen-bond donors (Lipinski definition) is 1. The van der Waals surface area contributed by atoms with Crippen molar-refractivity contribution in [3.63, 3.8) is 0 Å². The number of nitrogens with two attached hydrogens (primary N) is 1. The average molecular weight is 189 g/mol. The Labute approximate surface area is 81.0 Å². The van der Waals surface area contributed by atoms with Gasteiger partial charge < -0.3 is 5.73 Å². The molecule has 72 valence electrons. The summed E-state index contributed by atoms with van der Waals surface area (Å²) in [5.74, 6) is 0. The highest BCUT2D eigenvalue weighted by atomic mass is 16.1. The van der Waals surface area contributed by atoms with Crippen LogP contribution in [-0.2, 0) is 6.54 Å². The fraction of sp³-hybridized carbons (Fsp3) is 0.200. The van der Waals surface area contributed by atoms with E-state index in [1.165, 1.54) is 10.6 Å². The van der Waals surface area contributed by atoms with Crippen molar-refractivity contribution >= 4 is 5.65 Å². The minimum Gasteiger partial charge on any atom is -0.326 e. The SMILES string of the molecule is Cc1ccc2ncc(CN)c(=O)n2c1. The van der Waals surface area contributed by atoms with Gasteiger partial charge in [0.1, 0.15) is 5.65 Å². The molecule has 0 aliphatic heterocycles. The Hall–Kier alpha value is -1.68. The van der Waals surface area contributed by atoms with Crippen molar-refractivity contribution in [1.82, 2.24) is 9.38 Å². The first-order chi connectivity index (χ1) is 6.72. The van der Waals surface area contributed by atoms with E-state index in [-0.39, 0.29) is 12.1 Å². The third kappa shape index (κ3) is 1.29. The smallest absolute Gasteiger partial charge is 0.262 e. The second-order valence-corrected chi connectivity index (χ2v) is 3.23. The Balaban J connectivity index is 2.87. The van der Waals surface area contributed by atoms with E-state index in [1.807, 2.05) is 19.1 Å². The van der Waals surface area contributed by atoms with Crippen LogP contribution in [0, 0.1) is 6.92 Å². The number of rotatable bonds is 1. The predicted octanol–water partition coefficient (Wildman–Crippen LogP) is 0.462. The minimum absolute atomic E-state index is 0.0822. The zero-order valence-electron chi connectivity index (χ0n) is 7.90. The van der Waals surface area contributed by atoms with Crippen molar-refractivity contribution in [2.75, 3.05) is 0 Å². The molecule has 0 fully saturated rings. The molecule has 0 spiro atoms. The van der Waals surface area contributed by atoms with Crippen molar-refractivity contribution in [3.05, 3.63) is 46.0 Å². The number of aromatic nitrogens is 2. The van der Waals surface area contributed by atoms with E-state index in [0.29, 0.717) is 11.2 Å². The molecular formula is C10H11N3O. The van der Waals surface area contributed by atoms with Crippen molar-refractivity contribution in [2.24, 2.45) is 5.73 Å². The zero-order chi connectivity index (χ0) is 10.1. The molecule has 2 aromatic heterocycles. The molecule has 0 bridgehead atoms. The zero-order valence-corrected chi connectivity index (χ0v) is 7.90. The predicted molar refractivity (Wildman–Crippen MR) is 54.1 cm³/mol. The molecule has 2 aromatic rings. The molecule has 0 aliphatic rings. The standard InChI is InChI=1S/C10H11N3O/c1-7-2-3-9-12-5-8(4-11)10(14)13(9)6-7/h2-3,5-6H,4,11H2,1H3. The number of hydrogen-bond acceptors (Lipinski definition) is 3. The molecule has 0 saturated carbocycles. The lowest BCUT2D eigenvalue weighted by Gasteiger charge is -2.02. The van der Waals surface area contributed by atoms with Gasteiger partial charge in [-0.3, -0.25) is 9.20 Å². The van der Waals surface area contributed by atoms with Crippen LogP contribution in [0.15, 0.2) is 29.3 Å². The number of fused-ring (bicyclic) bond motifs is 1. The lowest BCUT2D eigenvalue weighted by Crippen LogP contribution is -2.21. The second kappa shape index (κ2) is 3.23. The van der Waals surface area contributed by atoms with Crippen LogP contribution >= 0.6 is 0 Å². The molecule has 0 radical (unpaired) electrons. The molecule has 0 aromatic carbocycles. The lowest BCUT2D eigenvalue weighted by atomic mass is 10.3. The van der Waals surface area contributed by atoms with Crippen molar-refractivity contribution < 1.29 is 0 Å². The molecule has 0 aliphatic carbocycles. The highest BCUT2D eigenvalue weighted by Gasteiger charge is 2.02. The van der Waals surface area contributed by atoms with Crippen molar-refractivity contribution in [3.8, 4) is 0 Å². The maximum absolute atomic E-state index is 11.8. The highest BCUT2D eigenvalue weighted by molar-refractivity contribution is 5.39. The molecule has 4 heteroatoms. The van der Waals surface area contributed by atoms with Gasteiger partial charge in [-0.15, -0.1) is 0 Å². The first-order valence-electron chi connectivity index (χ1n) is 4.39. The average Bonchev–Trinajstić information content (AvgIpc) is 2.20. The summed E-state index contributed by atoms with van der Waals surface area (Å²) in [5, 5.41) is 0. The minimum atomic E-state index is -0.0822.